The second-order valence-corrected chi connectivity index (χ2v) is 2.19. The van der Waals surface area contributed by atoms with Crippen LogP contribution in [0.4, 0.5) is 0 Å². The summed E-state index contributed by atoms with van der Waals surface area (Å²) in [4.78, 5) is 10.6. The Morgan fingerprint density at radius 3 is 2.90 bits per heavy atom. The van der Waals surface area contributed by atoms with Gasteiger partial charge in [0.05, 0.1) is 5.57 Å². The quantitative estimate of drug-likeness (QED) is 0.532. The number of allylic oxidation sites excluding steroid dienone is 1. The van der Waals surface area contributed by atoms with Gasteiger partial charge in [0.25, 0.3) is 0 Å². The van der Waals surface area contributed by atoms with Crippen molar-refractivity contribution in [1.82, 2.24) is 5.32 Å². The molecular weight excluding hydrogens is 128 g/mol. The molecule has 0 atom stereocenters. The molecule has 3 heteroatoms. The van der Waals surface area contributed by atoms with Gasteiger partial charge in [-0.25, -0.2) is 0 Å². The molecule has 0 bridgehead atoms. The van der Waals surface area contributed by atoms with E-state index < -0.39 is 0 Å². The van der Waals surface area contributed by atoms with Crippen molar-refractivity contribution in [2.24, 2.45) is 5.73 Å². The van der Waals surface area contributed by atoms with Crippen molar-refractivity contribution in [2.45, 2.75) is 6.92 Å². The minimum Gasteiger partial charge on any atom is -0.384 e. The molecule has 0 spiro atoms. The summed E-state index contributed by atoms with van der Waals surface area (Å²) in [7, 11) is 0. The normalized spacial score (nSPS) is 16.9. The number of primary amides is 1. The number of carbonyl (C=O) groups is 1. The van der Waals surface area contributed by atoms with Crippen molar-refractivity contribution in [1.29, 1.82) is 0 Å². The summed E-state index contributed by atoms with van der Waals surface area (Å²) in [5.74, 6) is -0.374. The van der Waals surface area contributed by atoms with Gasteiger partial charge in [-0.1, -0.05) is 6.08 Å². The minimum atomic E-state index is -0.374. The monoisotopic (exact) mass is 138 g/mol. The molecule has 0 fully saturated rings. The minimum absolute atomic E-state index is 0.374. The largest absolute Gasteiger partial charge is 0.384 e. The van der Waals surface area contributed by atoms with Crippen LogP contribution in [0.3, 0.4) is 0 Å². The Bertz CT molecular complexity index is 216. The molecule has 3 nitrogen and oxygen atoms in total. The van der Waals surface area contributed by atoms with Gasteiger partial charge < -0.3 is 11.1 Å². The SMILES string of the molecule is CC1=C(C(N)=O)C=CCN1. The highest BCUT2D eigenvalue weighted by molar-refractivity contribution is 5.95. The Balaban J connectivity index is 2.90. The maximum Gasteiger partial charge on any atom is 0.250 e. The number of amides is 1. The molecule has 0 saturated heterocycles. The third kappa shape index (κ3) is 1.18. The molecule has 1 amide bonds. The van der Waals surface area contributed by atoms with Gasteiger partial charge in [0.2, 0.25) is 5.91 Å². The summed E-state index contributed by atoms with van der Waals surface area (Å²) < 4.78 is 0. The lowest BCUT2D eigenvalue weighted by molar-refractivity contribution is -0.114. The van der Waals surface area contributed by atoms with E-state index in [0.29, 0.717) is 5.57 Å². The van der Waals surface area contributed by atoms with Gasteiger partial charge in [-0.2, -0.15) is 0 Å². The molecule has 1 heterocycles. The Morgan fingerprint density at radius 1 is 1.80 bits per heavy atom. The number of rotatable bonds is 1. The van der Waals surface area contributed by atoms with Crippen LogP contribution in [0.15, 0.2) is 23.4 Å². The Morgan fingerprint density at radius 2 is 2.50 bits per heavy atom. The smallest absolute Gasteiger partial charge is 0.250 e. The zero-order valence-electron chi connectivity index (χ0n) is 5.85. The first kappa shape index (κ1) is 6.86. The van der Waals surface area contributed by atoms with Gasteiger partial charge in [0, 0.05) is 12.2 Å². The molecule has 0 aromatic carbocycles. The highest BCUT2D eigenvalue weighted by Gasteiger charge is 2.07. The van der Waals surface area contributed by atoms with E-state index >= 15 is 0 Å². The lowest BCUT2D eigenvalue weighted by atomic mass is 10.1. The molecule has 0 aromatic rings. The van der Waals surface area contributed by atoms with E-state index in [1.807, 2.05) is 13.0 Å². The van der Waals surface area contributed by atoms with Crippen LogP contribution in [0.5, 0.6) is 0 Å². The van der Waals surface area contributed by atoms with Gasteiger partial charge in [0.15, 0.2) is 0 Å². The van der Waals surface area contributed by atoms with E-state index in [0.717, 1.165) is 12.2 Å². The summed E-state index contributed by atoms with van der Waals surface area (Å²) in [6.45, 7) is 2.62. The molecule has 0 aliphatic carbocycles. The molecule has 0 unspecified atom stereocenters. The molecule has 54 valence electrons. The fraction of sp³-hybridized carbons (Fsp3) is 0.286. The highest BCUT2D eigenvalue weighted by atomic mass is 16.1. The first-order valence-corrected chi connectivity index (χ1v) is 3.13. The topological polar surface area (TPSA) is 55.1 Å². The van der Waals surface area contributed by atoms with Gasteiger partial charge in [-0.15, -0.1) is 0 Å². The average molecular weight is 138 g/mol. The number of carbonyl (C=O) groups excluding carboxylic acids is 1. The average Bonchev–Trinajstić information content (AvgIpc) is 1.88. The van der Waals surface area contributed by atoms with Crippen LogP contribution in [0.25, 0.3) is 0 Å². The molecule has 1 aliphatic rings. The molecular formula is C7H10N2O. The first-order chi connectivity index (χ1) is 4.72. The zero-order chi connectivity index (χ0) is 7.56. The fourth-order valence-corrected chi connectivity index (χ4v) is 0.876. The number of dihydropyridines is 1. The first-order valence-electron chi connectivity index (χ1n) is 3.13. The number of nitrogens with one attached hydrogen (secondary N) is 1. The van der Waals surface area contributed by atoms with Crippen LogP contribution in [-0.4, -0.2) is 12.5 Å². The van der Waals surface area contributed by atoms with E-state index in [4.69, 9.17) is 5.73 Å². The van der Waals surface area contributed by atoms with E-state index in [1.165, 1.54) is 0 Å². The van der Waals surface area contributed by atoms with Crippen LogP contribution in [0.2, 0.25) is 0 Å². The van der Waals surface area contributed by atoms with Crippen molar-refractivity contribution in [3.05, 3.63) is 23.4 Å². The van der Waals surface area contributed by atoms with Crippen LogP contribution in [0, 0.1) is 0 Å². The Kier molecular flexibility index (Phi) is 1.76. The van der Waals surface area contributed by atoms with E-state index in [2.05, 4.69) is 5.32 Å². The molecule has 0 radical (unpaired) electrons. The second kappa shape index (κ2) is 2.56. The van der Waals surface area contributed by atoms with Crippen molar-refractivity contribution >= 4 is 5.91 Å². The summed E-state index contributed by atoms with van der Waals surface area (Å²) in [5.41, 5.74) is 6.50. The number of nitrogens with two attached hydrogens (primary N) is 1. The van der Waals surface area contributed by atoms with Crippen LogP contribution in [0.1, 0.15) is 6.92 Å². The predicted octanol–water partition coefficient (Wildman–Crippen LogP) is -0.0949. The van der Waals surface area contributed by atoms with Crippen LogP contribution < -0.4 is 11.1 Å². The summed E-state index contributed by atoms with van der Waals surface area (Å²) in [6, 6.07) is 0. The zero-order valence-corrected chi connectivity index (χ0v) is 5.85. The van der Waals surface area contributed by atoms with Gasteiger partial charge >= 0.3 is 0 Å². The van der Waals surface area contributed by atoms with Gasteiger partial charge in [-0.3, -0.25) is 4.79 Å². The van der Waals surface area contributed by atoms with Crippen molar-refractivity contribution in [2.75, 3.05) is 6.54 Å². The van der Waals surface area contributed by atoms with E-state index in [-0.39, 0.29) is 5.91 Å². The van der Waals surface area contributed by atoms with Crippen molar-refractivity contribution < 1.29 is 4.79 Å². The fourth-order valence-electron chi connectivity index (χ4n) is 0.876. The van der Waals surface area contributed by atoms with Crippen LogP contribution in [-0.2, 0) is 4.79 Å². The second-order valence-electron chi connectivity index (χ2n) is 2.19. The summed E-state index contributed by atoms with van der Waals surface area (Å²) in [6.07, 6.45) is 3.61. The maximum atomic E-state index is 10.6. The maximum absolute atomic E-state index is 10.6. The molecule has 10 heavy (non-hydrogen) atoms. The lowest BCUT2D eigenvalue weighted by Gasteiger charge is -2.11. The van der Waals surface area contributed by atoms with Crippen molar-refractivity contribution in [3.8, 4) is 0 Å². The Hall–Kier alpha value is -1.25. The summed E-state index contributed by atoms with van der Waals surface area (Å²) in [5, 5.41) is 3.01. The standard InChI is InChI=1S/C7H10N2O/c1-5-6(7(8)10)3-2-4-9-5/h2-3,9H,4H2,1H3,(H2,8,10). The molecule has 1 aliphatic heterocycles. The van der Waals surface area contributed by atoms with Gasteiger partial charge in [0.1, 0.15) is 0 Å². The highest BCUT2D eigenvalue weighted by Crippen LogP contribution is 2.05. The van der Waals surface area contributed by atoms with Crippen molar-refractivity contribution in [3.63, 3.8) is 0 Å². The third-order valence-corrected chi connectivity index (χ3v) is 1.44. The molecule has 0 aromatic heterocycles. The Labute approximate surface area is 59.6 Å². The predicted molar refractivity (Wildman–Crippen MR) is 39.0 cm³/mol. The number of hydrogen-bond donors (Lipinski definition) is 2. The molecule has 3 N–H and O–H groups in total. The lowest BCUT2D eigenvalue weighted by Crippen LogP contribution is -2.23. The van der Waals surface area contributed by atoms with Crippen LogP contribution >= 0.6 is 0 Å². The third-order valence-electron chi connectivity index (χ3n) is 1.44. The molecule has 0 saturated carbocycles. The summed E-state index contributed by atoms with van der Waals surface area (Å²) >= 11 is 0. The number of hydrogen-bond acceptors (Lipinski definition) is 2. The van der Waals surface area contributed by atoms with Gasteiger partial charge in [-0.05, 0) is 13.0 Å². The molecule has 1 rings (SSSR count). The van der Waals surface area contributed by atoms with E-state index in [9.17, 15) is 4.79 Å². The van der Waals surface area contributed by atoms with E-state index in [1.54, 1.807) is 6.08 Å².